The molecule has 4 rings (SSSR count). The van der Waals surface area contributed by atoms with Crippen LogP contribution in [-0.4, -0.2) is 37.1 Å². The second-order valence-corrected chi connectivity index (χ2v) is 7.84. The van der Waals surface area contributed by atoms with Crippen LogP contribution in [0, 0.1) is 11.8 Å². The second kappa shape index (κ2) is 7.22. The maximum atomic E-state index is 6.15. The number of hydrogen-bond acceptors (Lipinski definition) is 5. The maximum absolute atomic E-state index is 6.15. The summed E-state index contributed by atoms with van der Waals surface area (Å²) in [5.74, 6) is 2.18. The third-order valence-corrected chi connectivity index (χ3v) is 5.12. The molecule has 2 aliphatic heterocycles. The SMILES string of the molecule is CC(C)C1COC(C=c2oc(=CC3=NC(C(C)C)CO3)c3ccccc23)=N1. The molecule has 3 heterocycles. The Kier molecular flexibility index (Phi) is 4.77. The van der Waals surface area contributed by atoms with E-state index in [1.54, 1.807) is 0 Å². The lowest BCUT2D eigenvalue weighted by Crippen LogP contribution is -2.13. The molecule has 2 atom stereocenters. The highest BCUT2D eigenvalue weighted by atomic mass is 16.5. The summed E-state index contributed by atoms with van der Waals surface area (Å²) in [6.45, 7) is 9.88. The minimum atomic E-state index is 0.206. The second-order valence-electron chi connectivity index (χ2n) is 7.84. The number of furan rings is 1. The number of ether oxygens (including phenoxy) is 2. The van der Waals surface area contributed by atoms with Crippen molar-refractivity contribution in [1.29, 1.82) is 0 Å². The van der Waals surface area contributed by atoms with Crippen molar-refractivity contribution in [2.75, 3.05) is 13.2 Å². The summed E-state index contributed by atoms with van der Waals surface area (Å²) in [7, 11) is 0. The molecule has 27 heavy (non-hydrogen) atoms. The van der Waals surface area contributed by atoms with E-state index >= 15 is 0 Å². The van der Waals surface area contributed by atoms with Crippen molar-refractivity contribution in [3.8, 4) is 0 Å². The van der Waals surface area contributed by atoms with Gasteiger partial charge in [0, 0.05) is 22.9 Å². The van der Waals surface area contributed by atoms with Gasteiger partial charge < -0.3 is 13.9 Å². The molecular weight excluding hydrogens is 340 g/mol. The summed E-state index contributed by atoms with van der Waals surface area (Å²) in [5, 5.41) is 2.06. The molecule has 5 heteroatoms. The van der Waals surface area contributed by atoms with Crippen LogP contribution >= 0.6 is 0 Å². The van der Waals surface area contributed by atoms with Crippen molar-refractivity contribution in [1.82, 2.24) is 0 Å². The molecule has 5 nitrogen and oxygen atoms in total. The van der Waals surface area contributed by atoms with Crippen molar-refractivity contribution in [2.45, 2.75) is 39.8 Å². The Morgan fingerprint density at radius 2 is 1.26 bits per heavy atom. The van der Waals surface area contributed by atoms with E-state index in [1.807, 2.05) is 36.4 Å². The molecule has 1 aromatic heterocycles. The topological polar surface area (TPSA) is 56.3 Å². The van der Waals surface area contributed by atoms with E-state index in [2.05, 4.69) is 37.7 Å². The monoisotopic (exact) mass is 366 g/mol. The molecule has 0 amide bonds. The Bertz CT molecular complexity index is 934. The highest BCUT2D eigenvalue weighted by Crippen LogP contribution is 2.16. The first-order valence-corrected chi connectivity index (χ1v) is 9.63. The van der Waals surface area contributed by atoms with Gasteiger partial charge in [0.15, 0.2) is 0 Å². The van der Waals surface area contributed by atoms with Gasteiger partial charge in [-0.05, 0) is 11.8 Å². The van der Waals surface area contributed by atoms with E-state index in [0.29, 0.717) is 36.8 Å². The van der Waals surface area contributed by atoms with E-state index < -0.39 is 0 Å². The molecule has 0 N–H and O–H groups in total. The molecule has 2 aromatic rings. The lowest BCUT2D eigenvalue weighted by Gasteiger charge is -2.06. The lowest BCUT2D eigenvalue weighted by atomic mass is 10.1. The van der Waals surface area contributed by atoms with Crippen LogP contribution < -0.4 is 10.8 Å². The number of benzene rings is 1. The molecule has 142 valence electrons. The predicted octanol–water partition coefficient (Wildman–Crippen LogP) is 2.90. The van der Waals surface area contributed by atoms with Crippen LogP contribution in [0.2, 0.25) is 0 Å². The van der Waals surface area contributed by atoms with Gasteiger partial charge in [-0.25, -0.2) is 9.98 Å². The normalized spacial score (nSPS) is 23.9. The van der Waals surface area contributed by atoms with Gasteiger partial charge in [0.2, 0.25) is 11.8 Å². The minimum Gasteiger partial charge on any atom is -0.476 e. The fourth-order valence-electron chi connectivity index (χ4n) is 3.24. The summed E-state index contributed by atoms with van der Waals surface area (Å²) in [4.78, 5) is 9.30. The molecule has 0 bridgehead atoms. The first-order chi connectivity index (χ1) is 13.0. The molecule has 2 unspecified atom stereocenters. The Balaban J connectivity index is 1.77. The van der Waals surface area contributed by atoms with Gasteiger partial charge in [0.25, 0.3) is 0 Å². The Hall–Kier alpha value is -2.56. The van der Waals surface area contributed by atoms with Crippen LogP contribution in [0.3, 0.4) is 0 Å². The molecule has 2 aliphatic rings. The molecule has 0 radical (unpaired) electrons. The Labute approximate surface area is 159 Å². The van der Waals surface area contributed by atoms with Crippen molar-refractivity contribution >= 4 is 34.7 Å². The summed E-state index contributed by atoms with van der Waals surface area (Å²) in [6.07, 6.45) is 3.77. The zero-order chi connectivity index (χ0) is 19.0. The molecule has 0 fully saturated rings. The highest BCUT2D eigenvalue weighted by molar-refractivity contribution is 6.08. The third kappa shape index (κ3) is 3.64. The zero-order valence-corrected chi connectivity index (χ0v) is 16.3. The van der Waals surface area contributed by atoms with E-state index in [-0.39, 0.29) is 12.1 Å². The predicted molar refractivity (Wildman–Crippen MR) is 108 cm³/mol. The van der Waals surface area contributed by atoms with Gasteiger partial charge in [-0.1, -0.05) is 52.0 Å². The van der Waals surface area contributed by atoms with Crippen LogP contribution in [0.25, 0.3) is 22.9 Å². The van der Waals surface area contributed by atoms with Crippen molar-refractivity contribution < 1.29 is 13.9 Å². The largest absolute Gasteiger partial charge is 0.476 e. The number of nitrogens with zero attached hydrogens (tertiary/aromatic N) is 2. The molecule has 0 saturated carbocycles. The third-order valence-electron chi connectivity index (χ3n) is 5.12. The first-order valence-electron chi connectivity index (χ1n) is 9.63. The maximum Gasteiger partial charge on any atom is 0.212 e. The van der Waals surface area contributed by atoms with E-state index in [0.717, 1.165) is 21.6 Å². The molecule has 0 aliphatic carbocycles. The van der Waals surface area contributed by atoms with Crippen LogP contribution in [0.4, 0.5) is 0 Å². The Morgan fingerprint density at radius 3 is 1.63 bits per heavy atom. The smallest absolute Gasteiger partial charge is 0.212 e. The van der Waals surface area contributed by atoms with E-state index in [4.69, 9.17) is 13.9 Å². The number of rotatable bonds is 4. The lowest BCUT2D eigenvalue weighted by molar-refractivity contribution is 0.294. The summed E-state index contributed by atoms with van der Waals surface area (Å²) in [5.41, 5.74) is 1.50. The molecule has 0 spiro atoms. The number of hydrogen-bond donors (Lipinski definition) is 0. The number of aliphatic imine (C=N–C) groups is 2. The van der Waals surface area contributed by atoms with Crippen LogP contribution in [0.1, 0.15) is 27.7 Å². The molecule has 0 saturated heterocycles. The summed E-state index contributed by atoms with van der Waals surface area (Å²) >= 11 is 0. The highest BCUT2D eigenvalue weighted by Gasteiger charge is 2.22. The van der Waals surface area contributed by atoms with Crippen molar-refractivity contribution in [2.24, 2.45) is 21.8 Å². The molecular formula is C22H26N2O3. The van der Waals surface area contributed by atoms with Gasteiger partial charge in [0.1, 0.15) is 24.0 Å². The van der Waals surface area contributed by atoms with Gasteiger partial charge in [-0.15, -0.1) is 0 Å². The van der Waals surface area contributed by atoms with Crippen molar-refractivity contribution in [3.63, 3.8) is 0 Å². The van der Waals surface area contributed by atoms with E-state index in [1.165, 1.54) is 0 Å². The van der Waals surface area contributed by atoms with Crippen LogP contribution in [0.5, 0.6) is 0 Å². The van der Waals surface area contributed by atoms with Gasteiger partial charge in [-0.3, -0.25) is 0 Å². The quantitative estimate of drug-likeness (QED) is 0.836. The standard InChI is InChI=1S/C22H26N2O3/c1-13(2)17-11-25-21(23-17)9-19-15-7-5-6-8-16(15)20(27-19)10-22-24-18(12-26-22)14(3)4/h5-10,13-14,17-18H,11-12H2,1-4H3. The van der Waals surface area contributed by atoms with Gasteiger partial charge >= 0.3 is 0 Å². The summed E-state index contributed by atoms with van der Waals surface area (Å²) in [6, 6.07) is 8.52. The van der Waals surface area contributed by atoms with E-state index in [9.17, 15) is 0 Å². The van der Waals surface area contributed by atoms with Crippen LogP contribution in [0.15, 0.2) is 38.7 Å². The van der Waals surface area contributed by atoms with Gasteiger partial charge in [-0.2, -0.15) is 0 Å². The first kappa shape index (κ1) is 17.8. The summed E-state index contributed by atoms with van der Waals surface area (Å²) < 4.78 is 17.6. The van der Waals surface area contributed by atoms with Crippen molar-refractivity contribution in [3.05, 3.63) is 35.1 Å². The zero-order valence-electron chi connectivity index (χ0n) is 16.3. The minimum absolute atomic E-state index is 0.206. The average molecular weight is 366 g/mol. The molecule has 1 aromatic carbocycles. The van der Waals surface area contributed by atoms with Gasteiger partial charge in [0.05, 0.1) is 12.1 Å². The van der Waals surface area contributed by atoms with Crippen LogP contribution in [-0.2, 0) is 9.47 Å². The number of fused-ring (bicyclic) bond motifs is 1. The fraction of sp³-hybridized carbons (Fsp3) is 0.455. The fourth-order valence-corrected chi connectivity index (χ4v) is 3.24. The average Bonchev–Trinajstić information content (AvgIpc) is 3.36. The Morgan fingerprint density at radius 1 is 0.815 bits per heavy atom.